The Morgan fingerprint density at radius 3 is 2.89 bits per heavy atom. The first kappa shape index (κ1) is 13.6. The summed E-state index contributed by atoms with van der Waals surface area (Å²) in [6.45, 7) is 7.00. The highest BCUT2D eigenvalue weighted by molar-refractivity contribution is 5.14. The molecule has 0 spiro atoms. The summed E-state index contributed by atoms with van der Waals surface area (Å²) in [6, 6.07) is 11.5. The van der Waals surface area contributed by atoms with Gasteiger partial charge in [0, 0.05) is 19.1 Å². The van der Waals surface area contributed by atoms with E-state index >= 15 is 0 Å². The lowest BCUT2D eigenvalue weighted by molar-refractivity contribution is 0.183. The van der Waals surface area contributed by atoms with Crippen LogP contribution in [0, 0.1) is 0 Å². The minimum absolute atomic E-state index is 0.703. The summed E-state index contributed by atoms with van der Waals surface area (Å²) in [5.74, 6) is 0. The van der Waals surface area contributed by atoms with Crippen molar-refractivity contribution in [2.24, 2.45) is 0 Å². The zero-order chi connectivity index (χ0) is 12.6. The average molecular weight is 246 g/mol. The molecule has 1 aromatic rings. The minimum Gasteiger partial charge on any atom is -0.313 e. The van der Waals surface area contributed by atoms with E-state index in [2.05, 4.69) is 47.5 Å². The number of unbranched alkanes of at least 4 members (excludes halogenated alkanes) is 1. The second-order valence-corrected chi connectivity index (χ2v) is 5.37. The first-order valence-electron chi connectivity index (χ1n) is 7.38. The molecule has 2 rings (SSSR count). The Labute approximate surface area is 111 Å². The van der Waals surface area contributed by atoms with Gasteiger partial charge in [-0.05, 0) is 37.9 Å². The van der Waals surface area contributed by atoms with Crippen LogP contribution >= 0.6 is 0 Å². The number of benzene rings is 1. The fourth-order valence-electron chi connectivity index (χ4n) is 2.69. The fourth-order valence-corrected chi connectivity index (χ4v) is 2.69. The van der Waals surface area contributed by atoms with Gasteiger partial charge in [-0.25, -0.2) is 0 Å². The number of piperidine rings is 1. The molecule has 1 saturated heterocycles. The largest absolute Gasteiger partial charge is 0.313 e. The van der Waals surface area contributed by atoms with Crippen molar-refractivity contribution < 1.29 is 0 Å². The first-order chi connectivity index (χ1) is 8.88. The number of rotatable bonds is 6. The molecule has 18 heavy (non-hydrogen) atoms. The Kier molecular flexibility index (Phi) is 5.69. The van der Waals surface area contributed by atoms with Crippen molar-refractivity contribution in [3.05, 3.63) is 35.9 Å². The molecule has 2 heteroatoms. The molecular weight excluding hydrogens is 220 g/mol. The molecule has 1 N–H and O–H groups in total. The van der Waals surface area contributed by atoms with Crippen LogP contribution in [0.15, 0.2) is 30.3 Å². The van der Waals surface area contributed by atoms with Gasteiger partial charge in [-0.2, -0.15) is 0 Å². The normalized spacial score (nSPS) is 21.1. The predicted molar refractivity (Wildman–Crippen MR) is 77.7 cm³/mol. The van der Waals surface area contributed by atoms with Gasteiger partial charge in [0.25, 0.3) is 0 Å². The summed E-state index contributed by atoms with van der Waals surface area (Å²) < 4.78 is 0. The van der Waals surface area contributed by atoms with Crippen molar-refractivity contribution in [1.82, 2.24) is 10.2 Å². The third-order valence-electron chi connectivity index (χ3n) is 3.72. The van der Waals surface area contributed by atoms with Crippen molar-refractivity contribution in [2.75, 3.05) is 19.6 Å². The number of nitrogens with zero attached hydrogens (tertiary/aromatic N) is 1. The van der Waals surface area contributed by atoms with Crippen molar-refractivity contribution in [3.8, 4) is 0 Å². The van der Waals surface area contributed by atoms with Crippen molar-refractivity contribution in [1.29, 1.82) is 0 Å². The summed E-state index contributed by atoms with van der Waals surface area (Å²) in [5.41, 5.74) is 1.44. The van der Waals surface area contributed by atoms with Gasteiger partial charge < -0.3 is 5.32 Å². The summed E-state index contributed by atoms with van der Waals surface area (Å²) in [4.78, 5) is 2.59. The van der Waals surface area contributed by atoms with Gasteiger partial charge >= 0.3 is 0 Å². The van der Waals surface area contributed by atoms with Gasteiger partial charge in [-0.3, -0.25) is 4.90 Å². The van der Waals surface area contributed by atoms with E-state index < -0.39 is 0 Å². The lowest BCUT2D eigenvalue weighted by atomic mass is 10.0. The fraction of sp³-hybridized carbons (Fsp3) is 0.625. The van der Waals surface area contributed by atoms with Crippen LogP contribution in [-0.2, 0) is 6.54 Å². The van der Waals surface area contributed by atoms with Crippen LogP contribution in [0.2, 0.25) is 0 Å². The maximum absolute atomic E-state index is 3.70. The van der Waals surface area contributed by atoms with Gasteiger partial charge in [0.05, 0.1) is 0 Å². The van der Waals surface area contributed by atoms with Gasteiger partial charge in [0.1, 0.15) is 0 Å². The highest BCUT2D eigenvalue weighted by atomic mass is 15.2. The number of nitrogens with one attached hydrogen (secondary N) is 1. The Morgan fingerprint density at radius 2 is 2.11 bits per heavy atom. The molecule has 0 bridgehead atoms. The van der Waals surface area contributed by atoms with Crippen LogP contribution in [0.4, 0.5) is 0 Å². The van der Waals surface area contributed by atoms with Gasteiger partial charge in [0.2, 0.25) is 0 Å². The van der Waals surface area contributed by atoms with Crippen molar-refractivity contribution in [3.63, 3.8) is 0 Å². The van der Waals surface area contributed by atoms with Gasteiger partial charge in [-0.15, -0.1) is 0 Å². The van der Waals surface area contributed by atoms with E-state index in [9.17, 15) is 0 Å². The molecule has 1 aromatic carbocycles. The summed E-state index contributed by atoms with van der Waals surface area (Å²) >= 11 is 0. The molecule has 0 saturated carbocycles. The van der Waals surface area contributed by atoms with Crippen molar-refractivity contribution in [2.45, 2.75) is 45.2 Å². The molecule has 0 amide bonds. The first-order valence-corrected chi connectivity index (χ1v) is 7.38. The van der Waals surface area contributed by atoms with Crippen LogP contribution in [0.5, 0.6) is 0 Å². The molecule has 1 fully saturated rings. The van der Waals surface area contributed by atoms with Gasteiger partial charge in [0.15, 0.2) is 0 Å². The smallest absolute Gasteiger partial charge is 0.0234 e. The second kappa shape index (κ2) is 7.55. The third kappa shape index (κ3) is 4.43. The number of hydrogen-bond acceptors (Lipinski definition) is 2. The van der Waals surface area contributed by atoms with Crippen molar-refractivity contribution >= 4 is 0 Å². The molecule has 0 aliphatic carbocycles. The molecule has 0 radical (unpaired) electrons. The standard InChI is InChI=1S/C16H26N2/c1-2-3-11-17-16-10-7-12-18(14-16)13-15-8-5-4-6-9-15/h4-6,8-9,16-17H,2-3,7,10-14H2,1H3. The Hall–Kier alpha value is -0.860. The lowest BCUT2D eigenvalue weighted by Gasteiger charge is -2.33. The molecule has 2 nitrogen and oxygen atoms in total. The van der Waals surface area contributed by atoms with Crippen LogP contribution in [0.3, 0.4) is 0 Å². The van der Waals surface area contributed by atoms with E-state index in [-0.39, 0.29) is 0 Å². The van der Waals surface area contributed by atoms with E-state index in [0.29, 0.717) is 6.04 Å². The molecule has 100 valence electrons. The Bertz CT molecular complexity index is 323. The summed E-state index contributed by atoms with van der Waals surface area (Å²) in [7, 11) is 0. The maximum Gasteiger partial charge on any atom is 0.0234 e. The quantitative estimate of drug-likeness (QED) is 0.776. The van der Waals surface area contributed by atoms with E-state index in [1.807, 2.05) is 0 Å². The summed E-state index contributed by atoms with van der Waals surface area (Å²) in [5, 5.41) is 3.70. The van der Waals surface area contributed by atoms with E-state index in [4.69, 9.17) is 0 Å². The molecule has 1 aliphatic rings. The second-order valence-electron chi connectivity index (χ2n) is 5.37. The topological polar surface area (TPSA) is 15.3 Å². The highest BCUT2D eigenvalue weighted by Gasteiger charge is 2.18. The predicted octanol–water partition coefficient (Wildman–Crippen LogP) is 3.04. The van der Waals surface area contributed by atoms with Crippen LogP contribution in [-0.4, -0.2) is 30.6 Å². The maximum atomic E-state index is 3.70. The molecule has 1 unspecified atom stereocenters. The Balaban J connectivity index is 1.76. The zero-order valence-electron chi connectivity index (χ0n) is 11.6. The molecular formula is C16H26N2. The Morgan fingerprint density at radius 1 is 1.28 bits per heavy atom. The third-order valence-corrected chi connectivity index (χ3v) is 3.72. The molecule has 0 aromatic heterocycles. The van der Waals surface area contributed by atoms with Crippen LogP contribution < -0.4 is 5.32 Å². The van der Waals surface area contributed by atoms with E-state index in [1.54, 1.807) is 0 Å². The summed E-state index contributed by atoms with van der Waals surface area (Å²) in [6.07, 6.45) is 5.26. The number of hydrogen-bond donors (Lipinski definition) is 1. The highest BCUT2D eigenvalue weighted by Crippen LogP contribution is 2.13. The molecule has 1 aliphatic heterocycles. The molecule has 1 atom stereocenters. The molecule has 1 heterocycles. The van der Waals surface area contributed by atoms with E-state index in [0.717, 1.165) is 6.54 Å². The average Bonchev–Trinajstić information content (AvgIpc) is 2.41. The number of likely N-dealkylation sites (tertiary alicyclic amines) is 1. The monoisotopic (exact) mass is 246 g/mol. The van der Waals surface area contributed by atoms with Gasteiger partial charge in [-0.1, -0.05) is 43.7 Å². The lowest BCUT2D eigenvalue weighted by Crippen LogP contribution is -2.45. The van der Waals surface area contributed by atoms with Crippen LogP contribution in [0.1, 0.15) is 38.2 Å². The zero-order valence-corrected chi connectivity index (χ0v) is 11.6. The SMILES string of the molecule is CCCCNC1CCCN(Cc2ccccc2)C1. The van der Waals surface area contributed by atoms with Crippen LogP contribution in [0.25, 0.3) is 0 Å². The van der Waals surface area contributed by atoms with E-state index in [1.165, 1.54) is 50.9 Å². The minimum atomic E-state index is 0.703.